The number of carbonyl (C=O) groups excluding carboxylic acids is 1. The molecular weight excluding hydrogens is 436 g/mol. The van der Waals surface area contributed by atoms with Gasteiger partial charge in [0.25, 0.3) is 0 Å². The maximum atomic E-state index is 11.9. The normalized spacial score (nSPS) is 12.8. The summed E-state index contributed by atoms with van der Waals surface area (Å²) in [5, 5.41) is 15.1. The van der Waals surface area contributed by atoms with Crippen LogP contribution in [0.1, 0.15) is 41.0 Å². The van der Waals surface area contributed by atoms with E-state index in [9.17, 15) is 14.7 Å². The molecule has 10 heteroatoms. The molecule has 0 radical (unpaired) electrons. The Kier molecular flexibility index (Phi) is 19.0. The Hall–Kier alpha value is -0.910. The average molecular weight is 481 g/mol. The Morgan fingerprint density at radius 1 is 0.875 bits per heavy atom. The van der Waals surface area contributed by atoms with E-state index >= 15 is 0 Å². The van der Waals surface area contributed by atoms with Crippen LogP contribution in [0.15, 0.2) is 0 Å². The lowest BCUT2D eigenvalue weighted by atomic mass is 10.0. The molecule has 0 unspecified atom stereocenters. The highest BCUT2D eigenvalue weighted by molar-refractivity contribution is 7.99. The first-order chi connectivity index (χ1) is 15.1. The van der Waals surface area contributed by atoms with Crippen LogP contribution in [0.4, 0.5) is 0 Å². The molecule has 3 N–H and O–H groups in total. The van der Waals surface area contributed by atoms with Crippen molar-refractivity contribution in [2.24, 2.45) is 5.41 Å². The second-order valence-corrected chi connectivity index (χ2v) is 9.87. The summed E-state index contributed by atoms with van der Waals surface area (Å²) in [7, 11) is 0. The number of carboxylic acids is 1. The van der Waals surface area contributed by atoms with Gasteiger partial charge in [0.15, 0.2) is 0 Å². The van der Waals surface area contributed by atoms with Gasteiger partial charge >= 0.3 is 5.97 Å². The summed E-state index contributed by atoms with van der Waals surface area (Å²) >= 11 is 1.52. The van der Waals surface area contributed by atoms with Crippen LogP contribution in [-0.2, 0) is 28.5 Å². The predicted molar refractivity (Wildman–Crippen MR) is 127 cm³/mol. The number of rotatable bonds is 21. The molecule has 0 aromatic rings. The second kappa shape index (κ2) is 19.5. The summed E-state index contributed by atoms with van der Waals surface area (Å²) in [6, 6.07) is -0.426. The smallest absolute Gasteiger partial charge is 0.327 e. The summed E-state index contributed by atoms with van der Waals surface area (Å²) in [6.45, 7) is 15.0. The van der Waals surface area contributed by atoms with Crippen molar-refractivity contribution in [3.8, 4) is 0 Å². The molecule has 0 aliphatic rings. The molecule has 9 nitrogen and oxygen atoms in total. The third-order valence-corrected chi connectivity index (χ3v) is 5.48. The van der Waals surface area contributed by atoms with Crippen molar-refractivity contribution >= 4 is 23.6 Å². The lowest BCUT2D eigenvalue weighted by Gasteiger charge is -2.19. The van der Waals surface area contributed by atoms with Gasteiger partial charge in [0.05, 0.1) is 52.9 Å². The molecule has 0 aromatic carbocycles. The van der Waals surface area contributed by atoms with Crippen molar-refractivity contribution in [1.82, 2.24) is 10.6 Å². The molecule has 0 spiro atoms. The van der Waals surface area contributed by atoms with E-state index in [-0.39, 0.29) is 24.3 Å². The van der Waals surface area contributed by atoms with Gasteiger partial charge < -0.3 is 34.7 Å². The van der Waals surface area contributed by atoms with Gasteiger partial charge in [0.2, 0.25) is 5.91 Å². The highest BCUT2D eigenvalue weighted by atomic mass is 32.2. The molecule has 32 heavy (non-hydrogen) atoms. The minimum absolute atomic E-state index is 0.110. The number of nitrogens with one attached hydrogen (secondary N) is 2. The fourth-order valence-electron chi connectivity index (χ4n) is 2.27. The first-order valence-corrected chi connectivity index (χ1v) is 12.4. The molecule has 1 atom stereocenters. The zero-order valence-corrected chi connectivity index (χ0v) is 21.3. The number of ether oxygens (including phenoxy) is 4. The number of carboxylic acid groups (broad SMARTS) is 1. The SMILES string of the molecule is CC(C)NCCOCCOCCOCCOCCC(=O)N[C@@H](CSCC(C)(C)C)C(=O)O. The summed E-state index contributed by atoms with van der Waals surface area (Å²) < 4.78 is 21.6. The van der Waals surface area contributed by atoms with E-state index in [1.807, 2.05) is 0 Å². The van der Waals surface area contributed by atoms with Crippen molar-refractivity contribution in [2.75, 3.05) is 70.9 Å². The van der Waals surface area contributed by atoms with E-state index < -0.39 is 12.0 Å². The molecule has 1 amide bonds. The number of aliphatic carboxylic acids is 1. The highest BCUT2D eigenvalue weighted by Gasteiger charge is 2.21. The van der Waals surface area contributed by atoms with Crippen LogP contribution >= 0.6 is 11.8 Å². The van der Waals surface area contributed by atoms with Crippen molar-refractivity contribution in [1.29, 1.82) is 0 Å². The highest BCUT2D eigenvalue weighted by Crippen LogP contribution is 2.20. The minimum Gasteiger partial charge on any atom is -0.480 e. The van der Waals surface area contributed by atoms with Crippen LogP contribution < -0.4 is 10.6 Å². The fraction of sp³-hybridized carbons (Fsp3) is 0.909. The van der Waals surface area contributed by atoms with E-state index in [0.29, 0.717) is 58.0 Å². The number of carbonyl (C=O) groups is 2. The topological polar surface area (TPSA) is 115 Å². The predicted octanol–water partition coefficient (Wildman–Crippen LogP) is 1.79. The Labute approximate surface area is 197 Å². The van der Waals surface area contributed by atoms with Crippen LogP contribution in [0.25, 0.3) is 0 Å². The van der Waals surface area contributed by atoms with Crippen molar-refractivity contribution in [3.63, 3.8) is 0 Å². The zero-order valence-electron chi connectivity index (χ0n) is 20.4. The Bertz CT molecular complexity index is 487. The van der Waals surface area contributed by atoms with Gasteiger partial charge in [-0.05, 0) is 11.2 Å². The largest absolute Gasteiger partial charge is 0.480 e. The summed E-state index contributed by atoms with van der Waals surface area (Å²) in [5.41, 5.74) is 0.110. The zero-order chi connectivity index (χ0) is 24.2. The van der Waals surface area contributed by atoms with Crippen LogP contribution in [0, 0.1) is 5.41 Å². The molecule has 0 aromatic heterocycles. The van der Waals surface area contributed by atoms with Gasteiger partial charge in [-0.25, -0.2) is 4.79 Å². The van der Waals surface area contributed by atoms with E-state index in [4.69, 9.17) is 18.9 Å². The number of thioether (sulfide) groups is 1. The van der Waals surface area contributed by atoms with E-state index in [0.717, 1.165) is 12.3 Å². The van der Waals surface area contributed by atoms with Gasteiger partial charge in [-0.15, -0.1) is 0 Å². The number of amides is 1. The third kappa shape index (κ3) is 22.3. The van der Waals surface area contributed by atoms with Crippen LogP contribution in [0.2, 0.25) is 0 Å². The molecule has 0 heterocycles. The molecular formula is C22H44N2O7S. The third-order valence-electron chi connectivity index (χ3n) is 3.84. The Balaban J connectivity index is 3.53. The van der Waals surface area contributed by atoms with Gasteiger partial charge in [-0.2, -0.15) is 11.8 Å². The molecule has 0 aliphatic carbocycles. The molecule has 0 fully saturated rings. The number of hydrogen-bond acceptors (Lipinski definition) is 8. The van der Waals surface area contributed by atoms with Crippen molar-refractivity contribution in [2.45, 2.75) is 53.1 Å². The van der Waals surface area contributed by atoms with Gasteiger partial charge in [-0.3, -0.25) is 4.79 Å². The van der Waals surface area contributed by atoms with E-state index in [1.54, 1.807) is 0 Å². The van der Waals surface area contributed by atoms with Gasteiger partial charge in [0, 0.05) is 24.8 Å². The van der Waals surface area contributed by atoms with Crippen LogP contribution in [-0.4, -0.2) is 100.0 Å². The summed E-state index contributed by atoms with van der Waals surface area (Å²) in [4.78, 5) is 23.3. The Morgan fingerprint density at radius 3 is 1.84 bits per heavy atom. The quantitative estimate of drug-likeness (QED) is 0.211. The summed E-state index contributed by atoms with van der Waals surface area (Å²) in [6.07, 6.45) is 0.115. The average Bonchev–Trinajstić information content (AvgIpc) is 2.68. The molecule has 0 saturated heterocycles. The van der Waals surface area contributed by atoms with Crippen LogP contribution in [0.5, 0.6) is 0 Å². The van der Waals surface area contributed by atoms with E-state index in [2.05, 4.69) is 45.3 Å². The lowest BCUT2D eigenvalue weighted by molar-refractivity contribution is -0.141. The van der Waals surface area contributed by atoms with E-state index in [1.165, 1.54) is 11.8 Å². The fourth-order valence-corrected chi connectivity index (χ4v) is 3.46. The standard InChI is InChI=1S/C22H44N2O7S/c1-18(2)23-7-9-29-11-13-31-15-14-30-12-10-28-8-6-20(25)24-19(21(26)27)16-32-17-22(3,4)5/h18-19,23H,6-17H2,1-5H3,(H,24,25)(H,26,27)/t19-/m0/s1. The lowest BCUT2D eigenvalue weighted by Crippen LogP contribution is -2.43. The molecule has 0 rings (SSSR count). The van der Waals surface area contributed by atoms with Crippen molar-refractivity contribution < 1.29 is 33.6 Å². The number of hydrogen-bond donors (Lipinski definition) is 3. The molecule has 190 valence electrons. The molecule has 0 bridgehead atoms. The maximum Gasteiger partial charge on any atom is 0.327 e. The Morgan fingerprint density at radius 2 is 1.38 bits per heavy atom. The van der Waals surface area contributed by atoms with Gasteiger partial charge in [-0.1, -0.05) is 34.6 Å². The summed E-state index contributed by atoms with van der Waals surface area (Å²) in [5.74, 6) is -0.183. The first-order valence-electron chi connectivity index (χ1n) is 11.3. The maximum absolute atomic E-state index is 11.9. The molecule has 0 saturated carbocycles. The monoisotopic (exact) mass is 480 g/mol. The second-order valence-electron chi connectivity index (χ2n) is 8.84. The van der Waals surface area contributed by atoms with Crippen LogP contribution in [0.3, 0.4) is 0 Å². The first kappa shape index (κ1) is 31.1. The minimum atomic E-state index is -1.02. The van der Waals surface area contributed by atoms with Gasteiger partial charge in [0.1, 0.15) is 6.04 Å². The molecule has 0 aliphatic heterocycles. The van der Waals surface area contributed by atoms with Crippen molar-refractivity contribution in [3.05, 3.63) is 0 Å².